The van der Waals surface area contributed by atoms with Crippen LogP contribution in [0.25, 0.3) is 0 Å². The minimum Gasteiger partial charge on any atom is -0.465 e. The summed E-state index contributed by atoms with van der Waals surface area (Å²) >= 11 is 0. The summed E-state index contributed by atoms with van der Waals surface area (Å²) in [5.74, 6) is 3.05. The Morgan fingerprint density at radius 3 is 1.42 bits per heavy atom. The summed E-state index contributed by atoms with van der Waals surface area (Å²) in [5, 5.41) is 0. The molecule has 0 amide bonds. The molecule has 0 saturated carbocycles. The molecule has 1 aliphatic rings. The number of esters is 3. The summed E-state index contributed by atoms with van der Waals surface area (Å²) in [6.45, 7) is 21.6. The molecule has 0 saturated heterocycles. The molecule has 1 rings (SSSR count). The Morgan fingerprint density at radius 2 is 1.00 bits per heavy atom. The fourth-order valence-electron chi connectivity index (χ4n) is 6.72. The van der Waals surface area contributed by atoms with Gasteiger partial charge in [-0.15, -0.1) is 0 Å². The molecule has 304 valence electrons. The molecule has 0 fully saturated rings. The molecular formula is C44H82N2O6. The lowest BCUT2D eigenvalue weighted by Crippen LogP contribution is -2.23. The van der Waals surface area contributed by atoms with E-state index in [4.69, 9.17) is 14.2 Å². The lowest BCUT2D eigenvalue weighted by Gasteiger charge is -2.21. The van der Waals surface area contributed by atoms with Crippen molar-refractivity contribution in [2.75, 3.05) is 32.8 Å². The van der Waals surface area contributed by atoms with E-state index < -0.39 is 0 Å². The van der Waals surface area contributed by atoms with Gasteiger partial charge in [-0.05, 0) is 93.3 Å². The lowest BCUT2D eigenvalue weighted by molar-refractivity contribution is -0.150. The lowest BCUT2D eigenvalue weighted by atomic mass is 9.89. The first-order valence-corrected chi connectivity index (χ1v) is 21.6. The van der Waals surface area contributed by atoms with Crippen molar-refractivity contribution < 1.29 is 28.6 Å². The van der Waals surface area contributed by atoms with Gasteiger partial charge in [0.05, 0.1) is 26.1 Å². The number of rotatable bonds is 33. The van der Waals surface area contributed by atoms with Crippen molar-refractivity contribution in [3.63, 3.8) is 0 Å². The molecule has 0 aromatic rings. The van der Waals surface area contributed by atoms with Crippen LogP contribution in [0.3, 0.4) is 0 Å². The number of ether oxygens (including phenoxy) is 3. The maximum atomic E-state index is 12.7. The molecule has 0 bridgehead atoms. The molecule has 1 heterocycles. The molecule has 8 nitrogen and oxygen atoms in total. The predicted molar refractivity (Wildman–Crippen MR) is 215 cm³/mol. The first-order valence-electron chi connectivity index (χ1n) is 21.6. The molecule has 1 aliphatic heterocycles. The van der Waals surface area contributed by atoms with Crippen LogP contribution in [0.2, 0.25) is 0 Å². The number of nitrogens with zero attached hydrogens (tertiary/aromatic N) is 2. The van der Waals surface area contributed by atoms with Gasteiger partial charge in [-0.3, -0.25) is 19.4 Å². The summed E-state index contributed by atoms with van der Waals surface area (Å²) in [6, 6.07) is 0. The van der Waals surface area contributed by atoms with E-state index in [1.807, 2.05) is 6.34 Å². The van der Waals surface area contributed by atoms with Crippen molar-refractivity contribution in [1.82, 2.24) is 4.90 Å². The van der Waals surface area contributed by atoms with Gasteiger partial charge in [0.15, 0.2) is 0 Å². The van der Waals surface area contributed by atoms with Crippen LogP contribution in [0, 0.1) is 35.5 Å². The van der Waals surface area contributed by atoms with E-state index in [9.17, 15) is 14.4 Å². The summed E-state index contributed by atoms with van der Waals surface area (Å²) in [4.78, 5) is 43.9. The molecule has 0 aromatic carbocycles. The average molecular weight is 735 g/mol. The Bertz CT molecular complexity index is 895. The first kappa shape index (κ1) is 47.9. The van der Waals surface area contributed by atoms with E-state index in [0.29, 0.717) is 68.0 Å². The normalized spacial score (nSPS) is 14.8. The molecule has 0 aliphatic carbocycles. The highest BCUT2D eigenvalue weighted by atomic mass is 16.5. The van der Waals surface area contributed by atoms with Crippen LogP contribution in [0.4, 0.5) is 0 Å². The Balaban J connectivity index is 2.32. The minimum absolute atomic E-state index is 0.0417. The Labute approximate surface area is 320 Å². The predicted octanol–water partition coefficient (Wildman–Crippen LogP) is 11.0. The Hall–Kier alpha value is -2.12. The van der Waals surface area contributed by atoms with Gasteiger partial charge in [0, 0.05) is 32.4 Å². The van der Waals surface area contributed by atoms with E-state index >= 15 is 0 Å². The number of unbranched alkanes of at least 4 members (excludes halogenated alkanes) is 8. The van der Waals surface area contributed by atoms with Gasteiger partial charge in [0.2, 0.25) is 0 Å². The molecule has 0 N–H and O–H groups in total. The number of hydrogen-bond donors (Lipinski definition) is 0. The smallest absolute Gasteiger partial charge is 0.306 e. The summed E-state index contributed by atoms with van der Waals surface area (Å²) in [5.41, 5.74) is 0. The monoisotopic (exact) mass is 735 g/mol. The molecular weight excluding hydrogens is 652 g/mol. The molecule has 2 unspecified atom stereocenters. The highest BCUT2D eigenvalue weighted by molar-refractivity contribution is 5.70. The first-order chi connectivity index (χ1) is 24.9. The second-order valence-electron chi connectivity index (χ2n) is 17.2. The molecule has 0 radical (unpaired) electrons. The van der Waals surface area contributed by atoms with Gasteiger partial charge >= 0.3 is 17.9 Å². The zero-order valence-electron chi connectivity index (χ0n) is 35.1. The van der Waals surface area contributed by atoms with Crippen molar-refractivity contribution in [1.29, 1.82) is 0 Å². The van der Waals surface area contributed by atoms with Crippen LogP contribution >= 0.6 is 0 Å². The maximum absolute atomic E-state index is 12.7. The number of carbonyl (C=O) groups excluding carboxylic acids is 3. The third-order valence-corrected chi connectivity index (χ3v) is 10.7. The van der Waals surface area contributed by atoms with Crippen LogP contribution < -0.4 is 0 Å². The summed E-state index contributed by atoms with van der Waals surface area (Å²) < 4.78 is 17.3. The Kier molecular flexibility index (Phi) is 27.8. The van der Waals surface area contributed by atoms with E-state index in [-0.39, 0.29) is 24.0 Å². The Morgan fingerprint density at radius 1 is 0.558 bits per heavy atom. The SMILES string of the molecule is CC(C)CCC(COC(=O)CCCCCCCC(CCCCCCCC(=O)OCC(CCC(C)C)C(C)C)OC(=O)CCCN1C=NCC1)C(C)C. The van der Waals surface area contributed by atoms with Crippen molar-refractivity contribution >= 4 is 24.2 Å². The van der Waals surface area contributed by atoms with Gasteiger partial charge in [0.25, 0.3) is 0 Å². The quantitative estimate of drug-likeness (QED) is 0.0376. The average Bonchev–Trinajstić information content (AvgIpc) is 3.60. The number of hydrogen-bond acceptors (Lipinski definition) is 8. The largest absolute Gasteiger partial charge is 0.465 e. The molecule has 2 atom stereocenters. The molecule has 52 heavy (non-hydrogen) atoms. The van der Waals surface area contributed by atoms with Crippen LogP contribution in [0.5, 0.6) is 0 Å². The maximum Gasteiger partial charge on any atom is 0.306 e. The van der Waals surface area contributed by atoms with Gasteiger partial charge in [-0.25, -0.2) is 0 Å². The van der Waals surface area contributed by atoms with Crippen molar-refractivity contribution in [2.45, 2.75) is 190 Å². The zero-order chi connectivity index (χ0) is 38.6. The second kappa shape index (κ2) is 30.2. The van der Waals surface area contributed by atoms with Crippen LogP contribution in [-0.4, -0.2) is 68.1 Å². The zero-order valence-corrected chi connectivity index (χ0v) is 35.1. The van der Waals surface area contributed by atoms with E-state index in [1.54, 1.807) is 0 Å². The van der Waals surface area contributed by atoms with E-state index in [0.717, 1.165) is 116 Å². The van der Waals surface area contributed by atoms with Crippen LogP contribution in [0.1, 0.15) is 184 Å². The minimum atomic E-state index is -0.0917. The topological polar surface area (TPSA) is 94.5 Å². The van der Waals surface area contributed by atoms with Gasteiger partial charge in [-0.2, -0.15) is 0 Å². The standard InChI is InChI=1S/C44H82N2O6/c1-35(2)25-27-39(37(5)6)32-50-42(47)22-17-13-9-11-15-20-41(52-44(49)24-19-30-46-31-29-45-34-46)21-16-12-10-14-18-23-43(48)51-33-40(38(7)8)28-26-36(3)4/h34-41H,9-33H2,1-8H3. The van der Waals surface area contributed by atoms with E-state index in [1.165, 1.54) is 12.8 Å². The van der Waals surface area contributed by atoms with Gasteiger partial charge in [-0.1, -0.05) is 107 Å². The van der Waals surface area contributed by atoms with Crippen molar-refractivity contribution in [3.05, 3.63) is 0 Å². The third-order valence-electron chi connectivity index (χ3n) is 10.7. The van der Waals surface area contributed by atoms with Gasteiger partial charge in [0.1, 0.15) is 6.10 Å². The van der Waals surface area contributed by atoms with E-state index in [2.05, 4.69) is 65.3 Å². The molecule has 8 heteroatoms. The summed E-state index contributed by atoms with van der Waals surface area (Å²) in [7, 11) is 0. The molecule has 0 spiro atoms. The fraction of sp³-hybridized carbons (Fsp3) is 0.909. The highest BCUT2D eigenvalue weighted by Crippen LogP contribution is 2.23. The highest BCUT2D eigenvalue weighted by Gasteiger charge is 2.19. The van der Waals surface area contributed by atoms with Crippen molar-refractivity contribution in [3.8, 4) is 0 Å². The van der Waals surface area contributed by atoms with Crippen molar-refractivity contribution in [2.24, 2.45) is 40.5 Å². The third kappa shape index (κ3) is 26.6. The van der Waals surface area contributed by atoms with Crippen LogP contribution in [-0.2, 0) is 28.6 Å². The summed E-state index contributed by atoms with van der Waals surface area (Å²) in [6.07, 6.45) is 20.5. The molecule has 0 aromatic heterocycles. The number of carbonyl (C=O) groups is 3. The number of aliphatic imine (C=N–C) groups is 1. The van der Waals surface area contributed by atoms with Crippen LogP contribution in [0.15, 0.2) is 4.99 Å². The fourth-order valence-corrected chi connectivity index (χ4v) is 6.72. The van der Waals surface area contributed by atoms with Gasteiger partial charge < -0.3 is 19.1 Å². The second-order valence-corrected chi connectivity index (χ2v) is 17.2.